The van der Waals surface area contributed by atoms with Crippen LogP contribution in [-0.2, 0) is 20.9 Å². The summed E-state index contributed by atoms with van der Waals surface area (Å²) >= 11 is 0. The lowest BCUT2D eigenvalue weighted by Crippen LogP contribution is -2.63. The zero-order chi connectivity index (χ0) is 17.9. The van der Waals surface area contributed by atoms with E-state index in [4.69, 9.17) is 9.47 Å². The standard InChI is InChI=1S/C20H27NO4/c1-3-25-20(23)18-12-21(2)11-16(19(18)22)9-10-17(21)14-24-13-15-7-5-4-6-8-15/h4-8,16-17H,3,9-14H2,1-2H3/p+1. The van der Waals surface area contributed by atoms with Gasteiger partial charge >= 0.3 is 5.97 Å². The van der Waals surface area contributed by atoms with Gasteiger partial charge in [0.05, 0.1) is 39.3 Å². The van der Waals surface area contributed by atoms with Crippen LogP contribution in [0.5, 0.6) is 0 Å². The van der Waals surface area contributed by atoms with Crippen molar-refractivity contribution in [1.29, 1.82) is 0 Å². The quantitative estimate of drug-likeness (QED) is 0.636. The topological polar surface area (TPSA) is 55.8 Å². The Morgan fingerprint density at radius 1 is 1.28 bits per heavy atom. The summed E-state index contributed by atoms with van der Waals surface area (Å²) in [6.07, 6.45) is 1.89. The fourth-order valence-electron chi connectivity index (χ4n) is 4.09. The minimum atomic E-state index is -0.375. The number of rotatable bonds is 6. The lowest BCUT2D eigenvalue weighted by molar-refractivity contribution is -0.939. The highest BCUT2D eigenvalue weighted by Crippen LogP contribution is 2.38. The van der Waals surface area contributed by atoms with E-state index in [9.17, 15) is 9.90 Å². The first-order valence-electron chi connectivity index (χ1n) is 9.08. The smallest absolute Gasteiger partial charge is 0.343 e. The van der Waals surface area contributed by atoms with Crippen molar-refractivity contribution in [2.75, 3.05) is 33.4 Å². The molecule has 2 heterocycles. The maximum absolute atomic E-state index is 12.2. The van der Waals surface area contributed by atoms with Crippen LogP contribution in [0.3, 0.4) is 0 Å². The summed E-state index contributed by atoms with van der Waals surface area (Å²) in [5.41, 5.74) is 1.62. The van der Waals surface area contributed by atoms with E-state index in [1.807, 2.05) is 18.2 Å². The van der Waals surface area contributed by atoms with Crippen molar-refractivity contribution in [2.45, 2.75) is 32.4 Å². The number of hydrogen-bond donors (Lipinski definition) is 1. The van der Waals surface area contributed by atoms with Crippen LogP contribution >= 0.6 is 0 Å². The van der Waals surface area contributed by atoms with Gasteiger partial charge in [-0.2, -0.15) is 0 Å². The number of aliphatic hydroxyl groups is 1. The van der Waals surface area contributed by atoms with E-state index in [1.54, 1.807) is 6.92 Å². The first-order chi connectivity index (χ1) is 12.0. The monoisotopic (exact) mass is 346 g/mol. The zero-order valence-corrected chi connectivity index (χ0v) is 15.1. The van der Waals surface area contributed by atoms with Crippen LogP contribution in [-0.4, -0.2) is 55.0 Å². The number of hydrogen-bond acceptors (Lipinski definition) is 4. The zero-order valence-electron chi connectivity index (χ0n) is 15.1. The molecular weight excluding hydrogens is 318 g/mol. The molecule has 0 aromatic heterocycles. The van der Waals surface area contributed by atoms with Gasteiger partial charge in [0.25, 0.3) is 0 Å². The molecule has 0 radical (unpaired) electrons. The van der Waals surface area contributed by atoms with Gasteiger partial charge in [-0.1, -0.05) is 30.3 Å². The Morgan fingerprint density at radius 2 is 2.04 bits per heavy atom. The molecule has 1 aromatic carbocycles. The van der Waals surface area contributed by atoms with E-state index in [2.05, 4.69) is 19.2 Å². The minimum absolute atomic E-state index is 0.0588. The number of likely N-dealkylation sites (N-methyl/N-ethyl adjacent to an activating group) is 1. The second-order valence-corrected chi connectivity index (χ2v) is 7.33. The largest absolute Gasteiger partial charge is 0.511 e. The summed E-state index contributed by atoms with van der Waals surface area (Å²) in [7, 11) is 2.16. The molecule has 1 saturated heterocycles. The second kappa shape index (κ2) is 7.58. The Balaban J connectivity index is 1.65. The van der Waals surface area contributed by atoms with Gasteiger partial charge in [0.2, 0.25) is 0 Å². The molecule has 3 atom stereocenters. The molecular formula is C20H28NO4+. The van der Waals surface area contributed by atoms with Gasteiger partial charge in [0.1, 0.15) is 23.9 Å². The molecule has 0 amide bonds. The maximum Gasteiger partial charge on any atom is 0.343 e. The number of benzene rings is 1. The summed E-state index contributed by atoms with van der Waals surface area (Å²) in [5.74, 6) is -0.0684. The highest BCUT2D eigenvalue weighted by molar-refractivity contribution is 5.89. The maximum atomic E-state index is 12.2. The number of aliphatic hydroxyl groups excluding tert-OH is 1. The van der Waals surface area contributed by atoms with Crippen LogP contribution in [0.25, 0.3) is 0 Å². The van der Waals surface area contributed by atoms with Gasteiger partial charge in [-0.15, -0.1) is 0 Å². The third kappa shape index (κ3) is 3.88. The lowest BCUT2D eigenvalue weighted by atomic mass is 9.83. The summed E-state index contributed by atoms with van der Waals surface area (Å²) in [4.78, 5) is 12.2. The third-order valence-electron chi connectivity index (χ3n) is 5.53. The lowest BCUT2D eigenvalue weighted by Gasteiger charge is -2.50. The van der Waals surface area contributed by atoms with Gasteiger partial charge in [-0.25, -0.2) is 4.79 Å². The Labute approximate surface area is 149 Å². The third-order valence-corrected chi connectivity index (χ3v) is 5.53. The van der Waals surface area contributed by atoms with E-state index in [-0.39, 0.29) is 17.6 Å². The van der Waals surface area contributed by atoms with Gasteiger partial charge in [0, 0.05) is 6.42 Å². The molecule has 2 bridgehead atoms. The highest BCUT2D eigenvalue weighted by Gasteiger charge is 2.48. The Bertz CT molecular complexity index is 642. The minimum Gasteiger partial charge on any atom is -0.511 e. The number of esters is 1. The van der Waals surface area contributed by atoms with Crippen LogP contribution in [0.4, 0.5) is 0 Å². The van der Waals surface area contributed by atoms with Crippen molar-refractivity contribution in [3.05, 3.63) is 47.2 Å². The van der Waals surface area contributed by atoms with Crippen molar-refractivity contribution >= 4 is 5.97 Å². The predicted molar refractivity (Wildman–Crippen MR) is 94.8 cm³/mol. The molecule has 1 aromatic rings. The van der Waals surface area contributed by atoms with Gasteiger partial charge < -0.3 is 19.1 Å². The van der Waals surface area contributed by atoms with Gasteiger partial charge in [-0.05, 0) is 18.9 Å². The number of quaternary nitrogens is 1. The van der Waals surface area contributed by atoms with Crippen LogP contribution in [0.1, 0.15) is 25.3 Å². The summed E-state index contributed by atoms with van der Waals surface area (Å²) in [6, 6.07) is 10.5. The van der Waals surface area contributed by atoms with Crippen LogP contribution < -0.4 is 0 Å². The van der Waals surface area contributed by atoms with E-state index in [1.165, 1.54) is 5.56 Å². The summed E-state index contributed by atoms with van der Waals surface area (Å²) in [5, 5.41) is 10.4. The summed E-state index contributed by atoms with van der Waals surface area (Å²) < 4.78 is 11.8. The molecule has 136 valence electrons. The number of carbonyl (C=O) groups excluding carboxylic acids is 1. The SMILES string of the molecule is CCOC(=O)C1=C(O)C2CCC(COCc3ccccc3)[N+](C)(C1)C2. The Morgan fingerprint density at radius 3 is 2.76 bits per heavy atom. The molecule has 3 rings (SSSR count). The summed E-state index contributed by atoms with van der Waals surface area (Å²) in [6.45, 7) is 4.75. The molecule has 2 aliphatic heterocycles. The number of piperidine rings is 1. The number of carbonyl (C=O) groups is 1. The number of fused-ring (bicyclic) bond motifs is 2. The molecule has 0 spiro atoms. The van der Waals surface area contributed by atoms with Crippen molar-refractivity contribution in [3.63, 3.8) is 0 Å². The fraction of sp³-hybridized carbons (Fsp3) is 0.550. The molecule has 0 aliphatic carbocycles. The molecule has 1 fully saturated rings. The molecule has 5 heteroatoms. The van der Waals surface area contributed by atoms with Crippen LogP contribution in [0.2, 0.25) is 0 Å². The highest BCUT2D eigenvalue weighted by atomic mass is 16.5. The second-order valence-electron chi connectivity index (χ2n) is 7.33. The first-order valence-corrected chi connectivity index (χ1v) is 9.08. The van der Waals surface area contributed by atoms with Crippen LogP contribution in [0, 0.1) is 5.92 Å². The first kappa shape index (κ1) is 18.0. The fourth-order valence-corrected chi connectivity index (χ4v) is 4.09. The molecule has 2 aliphatic rings. The molecule has 5 nitrogen and oxygen atoms in total. The van der Waals surface area contributed by atoms with Gasteiger partial charge in [0.15, 0.2) is 0 Å². The average Bonchev–Trinajstić information content (AvgIpc) is 2.61. The predicted octanol–water partition coefficient (Wildman–Crippen LogP) is 2.82. The Kier molecular flexibility index (Phi) is 5.45. The Hall–Kier alpha value is -1.85. The molecule has 1 N–H and O–H groups in total. The van der Waals surface area contributed by atoms with Crippen molar-refractivity contribution in [3.8, 4) is 0 Å². The van der Waals surface area contributed by atoms with E-state index >= 15 is 0 Å². The number of ether oxygens (including phenoxy) is 2. The van der Waals surface area contributed by atoms with Crippen LogP contribution in [0.15, 0.2) is 41.7 Å². The van der Waals surface area contributed by atoms with Gasteiger partial charge in [-0.3, -0.25) is 0 Å². The molecule has 0 saturated carbocycles. The molecule has 3 unspecified atom stereocenters. The molecule has 25 heavy (non-hydrogen) atoms. The van der Waals surface area contributed by atoms with E-state index < -0.39 is 0 Å². The van der Waals surface area contributed by atoms with E-state index in [0.717, 1.165) is 23.9 Å². The normalized spacial score (nSPS) is 28.7. The number of nitrogens with zero attached hydrogens (tertiary/aromatic N) is 1. The van der Waals surface area contributed by atoms with E-state index in [0.29, 0.717) is 38.0 Å². The van der Waals surface area contributed by atoms with Crippen molar-refractivity contribution in [2.24, 2.45) is 5.92 Å². The van der Waals surface area contributed by atoms with Crippen molar-refractivity contribution < 1.29 is 23.9 Å². The average molecular weight is 346 g/mol. The van der Waals surface area contributed by atoms with Crippen molar-refractivity contribution in [1.82, 2.24) is 0 Å².